The zero-order valence-corrected chi connectivity index (χ0v) is 12.6. The first-order chi connectivity index (χ1) is 11.4. The van der Waals surface area contributed by atoms with Gasteiger partial charge in [0.2, 0.25) is 0 Å². The Labute approximate surface area is 135 Å². The molecule has 0 bridgehead atoms. The van der Waals surface area contributed by atoms with E-state index in [4.69, 9.17) is 4.99 Å². The number of hydrogen-bond donors (Lipinski definition) is 0. The van der Waals surface area contributed by atoms with Crippen molar-refractivity contribution >= 4 is 22.8 Å². The third-order valence-corrected chi connectivity index (χ3v) is 4.61. The molecule has 0 saturated carbocycles. The number of pyridine rings is 1. The van der Waals surface area contributed by atoms with Crippen molar-refractivity contribution in [3.05, 3.63) is 83.7 Å². The van der Waals surface area contributed by atoms with Crippen molar-refractivity contribution in [3.63, 3.8) is 0 Å². The Morgan fingerprint density at radius 3 is 2.65 bits per heavy atom. The molecule has 0 amide bonds. The van der Waals surface area contributed by atoms with Gasteiger partial charge >= 0.3 is 0 Å². The van der Waals surface area contributed by atoms with Crippen LogP contribution >= 0.6 is 0 Å². The summed E-state index contributed by atoms with van der Waals surface area (Å²) in [6.07, 6.45) is 4.74. The molecule has 2 aliphatic heterocycles. The number of anilines is 2. The van der Waals surface area contributed by atoms with Crippen molar-refractivity contribution in [3.8, 4) is 0 Å². The van der Waals surface area contributed by atoms with Gasteiger partial charge in [0.15, 0.2) is 0 Å². The van der Waals surface area contributed by atoms with Crippen LogP contribution in [0, 0.1) is 0 Å². The summed E-state index contributed by atoms with van der Waals surface area (Å²) in [6.45, 7) is 1.02. The molecule has 0 fully saturated rings. The van der Waals surface area contributed by atoms with Crippen LogP contribution in [0.25, 0.3) is 0 Å². The second-order valence-electron chi connectivity index (χ2n) is 5.90. The van der Waals surface area contributed by atoms with Crippen molar-refractivity contribution in [2.75, 3.05) is 11.4 Å². The van der Waals surface area contributed by atoms with Crippen LogP contribution in [0.2, 0.25) is 0 Å². The lowest BCUT2D eigenvalue weighted by atomic mass is 9.99. The third kappa shape index (κ3) is 1.83. The van der Waals surface area contributed by atoms with Gasteiger partial charge in [0.1, 0.15) is 0 Å². The van der Waals surface area contributed by atoms with Gasteiger partial charge in [-0.1, -0.05) is 30.3 Å². The monoisotopic (exact) mass is 297 g/mol. The van der Waals surface area contributed by atoms with Gasteiger partial charge in [0, 0.05) is 30.1 Å². The molecular formula is C20H15N3. The molecule has 2 aromatic carbocycles. The van der Waals surface area contributed by atoms with Gasteiger partial charge in [-0.15, -0.1) is 0 Å². The maximum atomic E-state index is 5.02. The Morgan fingerprint density at radius 2 is 1.74 bits per heavy atom. The fourth-order valence-corrected chi connectivity index (χ4v) is 3.59. The van der Waals surface area contributed by atoms with E-state index in [0.29, 0.717) is 0 Å². The van der Waals surface area contributed by atoms with Crippen LogP contribution in [0.3, 0.4) is 0 Å². The second kappa shape index (κ2) is 4.78. The first kappa shape index (κ1) is 12.6. The van der Waals surface area contributed by atoms with E-state index < -0.39 is 0 Å². The molecule has 0 aliphatic carbocycles. The smallest absolute Gasteiger partial charge is 0.0874 e. The highest BCUT2D eigenvalue weighted by Gasteiger charge is 2.29. The summed E-state index contributed by atoms with van der Waals surface area (Å²) in [4.78, 5) is 11.6. The standard InChI is InChI=1S/C20H15N3/c1-2-7-18-17(6-1)22-19(14-8-11-21-12-9-14)16-5-3-4-15-10-13-23(18)20(15)16/h1-9,11-12H,10,13H2. The molecule has 1 aromatic heterocycles. The molecule has 0 radical (unpaired) electrons. The molecule has 0 atom stereocenters. The molecule has 23 heavy (non-hydrogen) atoms. The molecule has 0 N–H and O–H groups in total. The first-order valence-corrected chi connectivity index (χ1v) is 7.90. The molecule has 3 aromatic rings. The molecule has 3 heteroatoms. The van der Waals surface area contributed by atoms with Gasteiger partial charge in [0.05, 0.1) is 22.8 Å². The van der Waals surface area contributed by atoms with E-state index in [9.17, 15) is 0 Å². The zero-order valence-electron chi connectivity index (χ0n) is 12.6. The molecule has 0 spiro atoms. The predicted molar refractivity (Wildman–Crippen MR) is 93.1 cm³/mol. The van der Waals surface area contributed by atoms with E-state index in [0.717, 1.165) is 29.9 Å². The summed E-state index contributed by atoms with van der Waals surface area (Å²) in [5.41, 5.74) is 8.29. The van der Waals surface area contributed by atoms with Crippen LogP contribution in [0.15, 0.2) is 72.0 Å². The number of para-hydroxylation sites is 3. The molecule has 3 nitrogen and oxygen atoms in total. The van der Waals surface area contributed by atoms with Crippen molar-refractivity contribution in [2.24, 2.45) is 4.99 Å². The van der Waals surface area contributed by atoms with Crippen molar-refractivity contribution in [1.82, 2.24) is 4.98 Å². The van der Waals surface area contributed by atoms with Crippen LogP contribution in [0.1, 0.15) is 16.7 Å². The molecule has 3 heterocycles. The van der Waals surface area contributed by atoms with Gasteiger partial charge < -0.3 is 4.90 Å². The number of aliphatic imine (C=N–C) groups is 1. The molecule has 5 rings (SSSR count). The number of fused-ring (bicyclic) bond motifs is 2. The number of nitrogens with zero attached hydrogens (tertiary/aromatic N) is 3. The Bertz CT molecular complexity index is 929. The van der Waals surface area contributed by atoms with Crippen LogP contribution in [-0.2, 0) is 6.42 Å². The summed E-state index contributed by atoms with van der Waals surface area (Å²) in [7, 11) is 0. The maximum absolute atomic E-state index is 5.02. The lowest BCUT2D eigenvalue weighted by Gasteiger charge is -2.21. The molecule has 0 unspecified atom stereocenters. The number of aromatic nitrogens is 1. The minimum atomic E-state index is 1.02. The van der Waals surface area contributed by atoms with Crippen molar-refractivity contribution in [2.45, 2.75) is 6.42 Å². The lowest BCUT2D eigenvalue weighted by molar-refractivity contribution is 0.999. The third-order valence-electron chi connectivity index (χ3n) is 4.61. The summed E-state index contributed by atoms with van der Waals surface area (Å²) in [5, 5.41) is 0. The SMILES string of the molecule is c1ccc2c(c1)N=C(c1ccncc1)c1cccc3c1N2CC3. The van der Waals surface area contributed by atoms with E-state index >= 15 is 0 Å². The van der Waals surface area contributed by atoms with Gasteiger partial charge in [0.25, 0.3) is 0 Å². The van der Waals surface area contributed by atoms with Crippen molar-refractivity contribution < 1.29 is 0 Å². The minimum Gasteiger partial charge on any atom is -0.339 e. The lowest BCUT2D eigenvalue weighted by Crippen LogP contribution is -2.14. The zero-order chi connectivity index (χ0) is 15.2. The average Bonchev–Trinajstić information content (AvgIpc) is 2.98. The van der Waals surface area contributed by atoms with E-state index in [1.807, 2.05) is 24.5 Å². The fourth-order valence-electron chi connectivity index (χ4n) is 3.59. The number of benzene rings is 2. The van der Waals surface area contributed by atoms with Crippen LogP contribution in [0.5, 0.6) is 0 Å². The second-order valence-corrected chi connectivity index (χ2v) is 5.90. The van der Waals surface area contributed by atoms with E-state index in [1.165, 1.54) is 22.5 Å². The van der Waals surface area contributed by atoms with Gasteiger partial charge in [-0.3, -0.25) is 4.98 Å². The fraction of sp³-hybridized carbons (Fsp3) is 0.100. The van der Waals surface area contributed by atoms with Gasteiger partial charge in [-0.2, -0.15) is 0 Å². The quantitative estimate of drug-likeness (QED) is 0.671. The topological polar surface area (TPSA) is 28.5 Å². The van der Waals surface area contributed by atoms with E-state index in [2.05, 4.69) is 52.3 Å². The van der Waals surface area contributed by atoms with Gasteiger partial charge in [-0.25, -0.2) is 4.99 Å². The summed E-state index contributed by atoms with van der Waals surface area (Å²) in [5.74, 6) is 0. The average molecular weight is 297 g/mol. The van der Waals surface area contributed by atoms with Gasteiger partial charge in [-0.05, 0) is 36.2 Å². The summed E-state index contributed by atoms with van der Waals surface area (Å²) < 4.78 is 0. The largest absolute Gasteiger partial charge is 0.339 e. The highest BCUT2D eigenvalue weighted by molar-refractivity contribution is 6.19. The molecule has 0 saturated heterocycles. The highest BCUT2D eigenvalue weighted by Crippen LogP contribution is 2.44. The minimum absolute atomic E-state index is 1.02. The first-order valence-electron chi connectivity index (χ1n) is 7.90. The summed E-state index contributed by atoms with van der Waals surface area (Å²) in [6, 6.07) is 19.0. The van der Waals surface area contributed by atoms with Crippen molar-refractivity contribution in [1.29, 1.82) is 0 Å². The highest BCUT2D eigenvalue weighted by atomic mass is 15.2. The number of rotatable bonds is 1. The molecule has 2 aliphatic rings. The Balaban J connectivity index is 1.86. The van der Waals surface area contributed by atoms with Crippen LogP contribution in [0.4, 0.5) is 17.1 Å². The van der Waals surface area contributed by atoms with E-state index in [1.54, 1.807) is 0 Å². The summed E-state index contributed by atoms with van der Waals surface area (Å²) >= 11 is 0. The number of hydrogen-bond acceptors (Lipinski definition) is 3. The predicted octanol–water partition coefficient (Wildman–Crippen LogP) is 4.26. The Kier molecular flexibility index (Phi) is 2.62. The van der Waals surface area contributed by atoms with E-state index in [-0.39, 0.29) is 0 Å². The maximum Gasteiger partial charge on any atom is 0.0874 e. The molecule has 110 valence electrons. The molecular weight excluding hydrogens is 282 g/mol. The van der Waals surface area contributed by atoms with Crippen LogP contribution in [-0.4, -0.2) is 17.2 Å². The van der Waals surface area contributed by atoms with Crippen LogP contribution < -0.4 is 4.90 Å². The Hall–Kier alpha value is -2.94. The normalized spacial score (nSPS) is 14.8. The Morgan fingerprint density at radius 1 is 0.870 bits per heavy atom.